The molecule has 0 spiro atoms. The number of aromatic nitrogens is 2. The van der Waals surface area contributed by atoms with Crippen molar-refractivity contribution in [1.82, 2.24) is 14.7 Å². The van der Waals surface area contributed by atoms with E-state index in [9.17, 15) is 0 Å². The maximum atomic E-state index is 4.44. The predicted octanol–water partition coefficient (Wildman–Crippen LogP) is 3.75. The first-order valence-corrected chi connectivity index (χ1v) is 7.76. The molecule has 2 heterocycles. The van der Waals surface area contributed by atoms with Gasteiger partial charge in [-0.2, -0.15) is 0 Å². The summed E-state index contributed by atoms with van der Waals surface area (Å²) in [5.41, 5.74) is 4.97. The van der Waals surface area contributed by atoms with Gasteiger partial charge in [-0.15, -0.1) is 0 Å². The van der Waals surface area contributed by atoms with Crippen LogP contribution in [0.2, 0.25) is 0 Å². The highest BCUT2D eigenvalue weighted by Crippen LogP contribution is 2.17. The molecule has 3 heteroatoms. The summed E-state index contributed by atoms with van der Waals surface area (Å²) < 4.78 is 2.14. The predicted molar refractivity (Wildman–Crippen MR) is 91.0 cm³/mol. The van der Waals surface area contributed by atoms with Crippen molar-refractivity contribution in [1.29, 1.82) is 0 Å². The average molecular weight is 293 g/mol. The molecule has 114 valence electrons. The molecule has 0 radical (unpaired) electrons. The van der Waals surface area contributed by atoms with Crippen LogP contribution in [0.25, 0.3) is 5.65 Å². The topological polar surface area (TPSA) is 29.3 Å². The number of pyridine rings is 1. The zero-order valence-electron chi connectivity index (χ0n) is 13.5. The minimum absolute atomic E-state index is 0.0328. The maximum absolute atomic E-state index is 4.44. The van der Waals surface area contributed by atoms with Crippen molar-refractivity contribution < 1.29 is 0 Å². The number of benzene rings is 1. The molecule has 0 aliphatic rings. The van der Waals surface area contributed by atoms with E-state index in [0.717, 1.165) is 18.6 Å². The molecular formula is C19H23N3. The highest BCUT2D eigenvalue weighted by atomic mass is 15.0. The third-order valence-corrected chi connectivity index (χ3v) is 4.14. The Morgan fingerprint density at radius 1 is 1.09 bits per heavy atom. The lowest BCUT2D eigenvalue weighted by Crippen LogP contribution is -2.41. The second kappa shape index (κ2) is 5.93. The Bertz CT molecular complexity index is 771. The minimum atomic E-state index is 0.0328. The van der Waals surface area contributed by atoms with Crippen LogP contribution in [0.3, 0.4) is 0 Å². The van der Waals surface area contributed by atoms with E-state index in [2.05, 4.69) is 65.9 Å². The molecule has 0 aliphatic carbocycles. The Hall–Kier alpha value is -2.13. The van der Waals surface area contributed by atoms with E-state index in [4.69, 9.17) is 0 Å². The Balaban J connectivity index is 1.71. The highest BCUT2D eigenvalue weighted by Gasteiger charge is 2.19. The summed E-state index contributed by atoms with van der Waals surface area (Å²) in [4.78, 5) is 4.44. The Morgan fingerprint density at radius 3 is 2.68 bits per heavy atom. The van der Waals surface area contributed by atoms with Crippen LogP contribution >= 0.6 is 0 Å². The normalized spacial score (nSPS) is 12.0. The number of imidazole rings is 1. The van der Waals surface area contributed by atoms with Gasteiger partial charge in [0, 0.05) is 18.3 Å². The lowest BCUT2D eigenvalue weighted by molar-refractivity contribution is 0.380. The number of nitrogens with zero attached hydrogens (tertiary/aromatic N) is 2. The number of fused-ring (bicyclic) bond motifs is 1. The van der Waals surface area contributed by atoms with Crippen molar-refractivity contribution in [3.05, 3.63) is 71.7 Å². The maximum Gasteiger partial charge on any atom is 0.136 e. The molecule has 1 N–H and O–H groups in total. The standard InChI is InChI=1S/C19H23N3/c1-15-8-4-5-9-16(15)12-19(2,3)21-14-17-13-20-18-10-6-7-11-22(17)18/h4-11,13,21H,12,14H2,1-3H3. The molecule has 0 saturated carbocycles. The van der Waals surface area contributed by atoms with E-state index in [-0.39, 0.29) is 5.54 Å². The summed E-state index contributed by atoms with van der Waals surface area (Å²) in [5.74, 6) is 0. The van der Waals surface area contributed by atoms with Crippen LogP contribution in [0, 0.1) is 6.92 Å². The lowest BCUT2D eigenvalue weighted by atomic mass is 9.92. The van der Waals surface area contributed by atoms with Crippen LogP contribution in [0.4, 0.5) is 0 Å². The summed E-state index contributed by atoms with van der Waals surface area (Å²) >= 11 is 0. The van der Waals surface area contributed by atoms with Crippen molar-refractivity contribution in [2.24, 2.45) is 0 Å². The molecule has 22 heavy (non-hydrogen) atoms. The van der Waals surface area contributed by atoms with Crippen LogP contribution in [-0.4, -0.2) is 14.9 Å². The van der Waals surface area contributed by atoms with Crippen LogP contribution in [0.1, 0.15) is 30.7 Å². The molecule has 0 unspecified atom stereocenters. The van der Waals surface area contributed by atoms with Crippen molar-refractivity contribution >= 4 is 5.65 Å². The molecule has 0 amide bonds. The van der Waals surface area contributed by atoms with E-state index in [1.165, 1.54) is 16.8 Å². The summed E-state index contributed by atoms with van der Waals surface area (Å²) in [6.07, 6.45) is 5.02. The molecular weight excluding hydrogens is 270 g/mol. The summed E-state index contributed by atoms with van der Waals surface area (Å²) in [5, 5.41) is 3.67. The molecule has 3 rings (SSSR count). The van der Waals surface area contributed by atoms with Gasteiger partial charge in [-0.1, -0.05) is 30.3 Å². The number of nitrogens with one attached hydrogen (secondary N) is 1. The Kier molecular flexibility index (Phi) is 3.99. The lowest BCUT2D eigenvalue weighted by Gasteiger charge is -2.27. The SMILES string of the molecule is Cc1ccccc1CC(C)(C)NCc1cnc2ccccn12. The molecule has 0 fully saturated rings. The Morgan fingerprint density at radius 2 is 1.86 bits per heavy atom. The first kappa shape index (κ1) is 14.8. The van der Waals surface area contributed by atoms with E-state index < -0.39 is 0 Å². The summed E-state index contributed by atoms with van der Waals surface area (Å²) in [6.45, 7) is 7.49. The van der Waals surface area contributed by atoms with E-state index in [0.29, 0.717) is 0 Å². The van der Waals surface area contributed by atoms with Gasteiger partial charge in [-0.25, -0.2) is 4.98 Å². The number of hydrogen-bond acceptors (Lipinski definition) is 2. The fourth-order valence-corrected chi connectivity index (χ4v) is 2.79. The fourth-order valence-electron chi connectivity index (χ4n) is 2.79. The van der Waals surface area contributed by atoms with Gasteiger partial charge in [0.25, 0.3) is 0 Å². The van der Waals surface area contributed by atoms with E-state index >= 15 is 0 Å². The number of aryl methyl sites for hydroxylation is 1. The minimum Gasteiger partial charge on any atom is -0.306 e. The van der Waals surface area contributed by atoms with Crippen molar-refractivity contribution in [2.75, 3.05) is 0 Å². The quantitative estimate of drug-likeness (QED) is 0.776. The molecule has 0 atom stereocenters. The second-order valence-corrected chi connectivity index (χ2v) is 6.52. The first-order chi connectivity index (χ1) is 10.6. The largest absolute Gasteiger partial charge is 0.306 e. The Labute approximate surface area is 132 Å². The van der Waals surface area contributed by atoms with Crippen LogP contribution in [0.5, 0.6) is 0 Å². The molecule has 0 bridgehead atoms. The van der Waals surface area contributed by atoms with Gasteiger partial charge < -0.3 is 9.72 Å². The van der Waals surface area contributed by atoms with E-state index in [1.807, 2.05) is 24.4 Å². The number of rotatable bonds is 5. The zero-order chi connectivity index (χ0) is 15.6. The second-order valence-electron chi connectivity index (χ2n) is 6.52. The molecule has 3 nitrogen and oxygen atoms in total. The summed E-state index contributed by atoms with van der Waals surface area (Å²) in [7, 11) is 0. The molecule has 3 aromatic rings. The van der Waals surface area contributed by atoms with Gasteiger partial charge in [-0.3, -0.25) is 0 Å². The third-order valence-electron chi connectivity index (χ3n) is 4.14. The van der Waals surface area contributed by atoms with Crippen LogP contribution in [0.15, 0.2) is 54.9 Å². The molecule has 0 aliphatic heterocycles. The summed E-state index contributed by atoms with van der Waals surface area (Å²) in [6, 6.07) is 14.7. The van der Waals surface area contributed by atoms with Crippen molar-refractivity contribution in [3.63, 3.8) is 0 Å². The monoisotopic (exact) mass is 293 g/mol. The van der Waals surface area contributed by atoms with Gasteiger partial charge in [-0.05, 0) is 50.5 Å². The molecule has 1 aromatic carbocycles. The van der Waals surface area contributed by atoms with Gasteiger partial charge >= 0.3 is 0 Å². The van der Waals surface area contributed by atoms with Gasteiger partial charge in [0.05, 0.1) is 11.9 Å². The van der Waals surface area contributed by atoms with Gasteiger partial charge in [0.2, 0.25) is 0 Å². The highest BCUT2D eigenvalue weighted by molar-refractivity contribution is 5.39. The third kappa shape index (κ3) is 3.20. The van der Waals surface area contributed by atoms with Gasteiger partial charge in [0.1, 0.15) is 5.65 Å². The van der Waals surface area contributed by atoms with Crippen LogP contribution < -0.4 is 5.32 Å². The van der Waals surface area contributed by atoms with Crippen molar-refractivity contribution in [2.45, 2.75) is 39.3 Å². The first-order valence-electron chi connectivity index (χ1n) is 7.76. The van der Waals surface area contributed by atoms with Crippen molar-refractivity contribution in [3.8, 4) is 0 Å². The van der Waals surface area contributed by atoms with Crippen LogP contribution in [-0.2, 0) is 13.0 Å². The van der Waals surface area contributed by atoms with E-state index in [1.54, 1.807) is 0 Å². The fraction of sp³-hybridized carbons (Fsp3) is 0.316. The average Bonchev–Trinajstić information content (AvgIpc) is 2.91. The smallest absolute Gasteiger partial charge is 0.136 e. The molecule has 2 aromatic heterocycles. The van der Waals surface area contributed by atoms with Gasteiger partial charge in [0.15, 0.2) is 0 Å². The number of hydrogen-bond donors (Lipinski definition) is 1. The molecule has 0 saturated heterocycles. The zero-order valence-corrected chi connectivity index (χ0v) is 13.5.